The van der Waals surface area contributed by atoms with Crippen LogP contribution in [0.2, 0.25) is 0 Å². The van der Waals surface area contributed by atoms with Gasteiger partial charge in [0.1, 0.15) is 13.2 Å². The second-order valence-electron chi connectivity index (χ2n) is 5.71. The molecule has 1 aliphatic carbocycles. The smallest absolute Gasteiger partial charge is 0.162 e. The molecule has 0 amide bonds. The van der Waals surface area contributed by atoms with Crippen molar-refractivity contribution in [3.63, 3.8) is 0 Å². The lowest BCUT2D eigenvalue weighted by atomic mass is 10.3. The first-order chi connectivity index (χ1) is 13.3. The van der Waals surface area contributed by atoms with Gasteiger partial charge in [0.25, 0.3) is 0 Å². The van der Waals surface area contributed by atoms with E-state index in [4.69, 9.17) is 28.4 Å². The van der Waals surface area contributed by atoms with Gasteiger partial charge in [-0.15, -0.1) is 0 Å². The van der Waals surface area contributed by atoms with Gasteiger partial charge in [-0.3, -0.25) is 0 Å². The molecule has 3 rings (SSSR count). The summed E-state index contributed by atoms with van der Waals surface area (Å²) >= 11 is 0. The van der Waals surface area contributed by atoms with E-state index in [2.05, 4.69) is 0 Å². The summed E-state index contributed by atoms with van der Waals surface area (Å²) < 4.78 is 33.1. The molecule has 27 heavy (non-hydrogen) atoms. The molecule has 0 atom stereocenters. The van der Waals surface area contributed by atoms with Crippen molar-refractivity contribution in [1.82, 2.24) is 0 Å². The van der Waals surface area contributed by atoms with Gasteiger partial charge in [0, 0.05) is 5.75 Å². The first-order valence-corrected chi connectivity index (χ1v) is 8.90. The van der Waals surface area contributed by atoms with Gasteiger partial charge in [-0.25, -0.2) is 0 Å². The molecule has 0 radical (unpaired) electrons. The zero-order chi connectivity index (χ0) is 18.7. The van der Waals surface area contributed by atoms with Gasteiger partial charge < -0.3 is 33.5 Å². The minimum Gasteiger partial charge on any atom is -0.579 e. The minimum absolute atomic E-state index is 0.340. The summed E-state index contributed by atoms with van der Waals surface area (Å²) in [6.07, 6.45) is 6.97. The van der Waals surface area contributed by atoms with E-state index in [9.17, 15) is 5.11 Å². The zero-order valence-electron chi connectivity index (χ0n) is 15.1. The highest BCUT2D eigenvalue weighted by atomic mass is 16.6. The van der Waals surface area contributed by atoms with Crippen molar-refractivity contribution in [3.05, 3.63) is 54.0 Å². The topological polar surface area (TPSA) is 78.4 Å². The van der Waals surface area contributed by atoms with Crippen molar-refractivity contribution in [2.75, 3.05) is 52.9 Å². The fourth-order valence-electron chi connectivity index (χ4n) is 2.42. The van der Waals surface area contributed by atoms with Gasteiger partial charge in [-0.1, -0.05) is 24.3 Å². The average Bonchev–Trinajstić information content (AvgIpc) is 3.21. The van der Waals surface area contributed by atoms with Crippen molar-refractivity contribution in [1.29, 1.82) is 0 Å². The molecule has 7 heteroatoms. The van der Waals surface area contributed by atoms with E-state index in [0.29, 0.717) is 75.7 Å². The van der Waals surface area contributed by atoms with Crippen LogP contribution in [0.1, 0.15) is 0 Å². The van der Waals surface area contributed by atoms with Crippen LogP contribution in [0.4, 0.5) is 0 Å². The van der Waals surface area contributed by atoms with Gasteiger partial charge in [-0.05, 0) is 23.8 Å². The third-order valence-electron chi connectivity index (χ3n) is 3.74. The Bertz CT molecular complexity index is 680. The third kappa shape index (κ3) is 6.32. The van der Waals surface area contributed by atoms with Crippen molar-refractivity contribution >= 4 is 0 Å². The maximum Gasteiger partial charge on any atom is 0.162 e. The third-order valence-corrected chi connectivity index (χ3v) is 3.74. The molecule has 0 N–H and O–H groups in total. The van der Waals surface area contributed by atoms with E-state index in [-0.39, 0.29) is 0 Å². The predicted molar refractivity (Wildman–Crippen MR) is 95.8 cm³/mol. The standard InChI is InChI=1S/C20H24O7/c21-20(16-3-1-2-4-16)27-17-5-6-18-19(15-17)26-14-12-24-10-8-22-7-9-23-11-13-25-18/h1-6,15,21H,7-14H2/p-1. The summed E-state index contributed by atoms with van der Waals surface area (Å²) in [6, 6.07) is 5.02. The van der Waals surface area contributed by atoms with Gasteiger partial charge in [-0.2, -0.15) is 0 Å². The van der Waals surface area contributed by atoms with Gasteiger partial charge >= 0.3 is 0 Å². The number of hydrogen-bond acceptors (Lipinski definition) is 7. The van der Waals surface area contributed by atoms with Gasteiger partial charge in [0.05, 0.1) is 45.6 Å². The molecule has 2 aliphatic rings. The molecule has 1 aliphatic heterocycles. The Morgan fingerprint density at radius 1 is 0.741 bits per heavy atom. The molecule has 0 bridgehead atoms. The second-order valence-corrected chi connectivity index (χ2v) is 5.71. The summed E-state index contributed by atoms with van der Waals surface area (Å²) in [6.45, 7) is 3.59. The van der Waals surface area contributed by atoms with Crippen LogP contribution >= 0.6 is 0 Å². The molecule has 0 spiro atoms. The molecular formula is C20H23O7-. The molecule has 1 aromatic carbocycles. The van der Waals surface area contributed by atoms with E-state index in [1.165, 1.54) is 0 Å². The lowest BCUT2D eigenvalue weighted by molar-refractivity contribution is -0.343. The Hall–Kier alpha value is -2.48. The van der Waals surface area contributed by atoms with Crippen molar-refractivity contribution in [2.45, 2.75) is 0 Å². The quantitative estimate of drug-likeness (QED) is 0.726. The van der Waals surface area contributed by atoms with Crippen LogP contribution in [-0.4, -0.2) is 52.9 Å². The molecule has 0 unspecified atom stereocenters. The van der Waals surface area contributed by atoms with Crippen molar-refractivity contribution in [3.8, 4) is 17.2 Å². The summed E-state index contributed by atoms with van der Waals surface area (Å²) in [5.74, 6) is 0.997. The van der Waals surface area contributed by atoms with Crippen LogP contribution in [0.3, 0.4) is 0 Å². The summed E-state index contributed by atoms with van der Waals surface area (Å²) in [5.41, 5.74) is 0.496. The molecule has 0 saturated carbocycles. The number of benzene rings is 1. The van der Waals surface area contributed by atoms with Crippen LogP contribution in [0.5, 0.6) is 17.2 Å². The minimum atomic E-state index is -0.422. The van der Waals surface area contributed by atoms with Crippen LogP contribution in [0.15, 0.2) is 54.0 Å². The second kappa shape index (κ2) is 10.6. The lowest BCUT2D eigenvalue weighted by Gasteiger charge is -2.20. The molecular weight excluding hydrogens is 352 g/mol. The fourth-order valence-corrected chi connectivity index (χ4v) is 2.42. The Morgan fingerprint density at radius 3 is 1.93 bits per heavy atom. The summed E-state index contributed by atoms with van der Waals surface area (Å²) in [7, 11) is 0. The molecule has 1 aromatic rings. The predicted octanol–water partition coefficient (Wildman–Crippen LogP) is 1.58. The fraction of sp³-hybridized carbons (Fsp3) is 0.400. The highest BCUT2D eigenvalue weighted by Crippen LogP contribution is 2.32. The van der Waals surface area contributed by atoms with Crippen molar-refractivity contribution in [2.24, 2.45) is 0 Å². The number of allylic oxidation sites excluding steroid dienone is 5. The Kier molecular flexibility index (Phi) is 7.58. The SMILES string of the molecule is [O-]C(Oc1ccc2c(c1)OCCOCCOCCOCCO2)=C1C=CC=C1. The zero-order valence-corrected chi connectivity index (χ0v) is 15.1. The Morgan fingerprint density at radius 2 is 1.30 bits per heavy atom. The summed E-state index contributed by atoms with van der Waals surface area (Å²) in [5, 5.41) is 12.1. The largest absolute Gasteiger partial charge is 0.579 e. The molecule has 0 aromatic heterocycles. The molecule has 0 fully saturated rings. The number of ether oxygens (including phenoxy) is 6. The molecule has 1 heterocycles. The van der Waals surface area contributed by atoms with Gasteiger partial charge in [0.15, 0.2) is 11.5 Å². The number of fused-ring (bicyclic) bond motifs is 1. The van der Waals surface area contributed by atoms with E-state index in [1.807, 2.05) is 0 Å². The van der Waals surface area contributed by atoms with Crippen LogP contribution < -0.4 is 19.3 Å². The lowest BCUT2D eigenvalue weighted by Crippen LogP contribution is -2.13. The Labute approximate surface area is 158 Å². The normalized spacial score (nSPS) is 18.6. The van der Waals surface area contributed by atoms with Crippen molar-refractivity contribution < 1.29 is 33.5 Å². The van der Waals surface area contributed by atoms with E-state index >= 15 is 0 Å². The number of rotatable bonds is 2. The molecule has 0 saturated heterocycles. The highest BCUT2D eigenvalue weighted by Gasteiger charge is 2.08. The maximum atomic E-state index is 12.1. The first kappa shape index (κ1) is 19.3. The Balaban J connectivity index is 1.67. The average molecular weight is 375 g/mol. The maximum absolute atomic E-state index is 12.1. The van der Waals surface area contributed by atoms with E-state index < -0.39 is 5.95 Å². The molecule has 7 nitrogen and oxygen atoms in total. The van der Waals surface area contributed by atoms with E-state index in [1.54, 1.807) is 42.5 Å². The van der Waals surface area contributed by atoms with Gasteiger partial charge in [0.2, 0.25) is 0 Å². The first-order valence-electron chi connectivity index (χ1n) is 8.90. The van der Waals surface area contributed by atoms with Crippen LogP contribution in [0, 0.1) is 0 Å². The number of hydrogen-bond donors (Lipinski definition) is 0. The highest BCUT2D eigenvalue weighted by molar-refractivity contribution is 5.47. The van der Waals surface area contributed by atoms with Crippen LogP contribution in [0.25, 0.3) is 0 Å². The molecule has 146 valence electrons. The van der Waals surface area contributed by atoms with Crippen LogP contribution in [-0.2, 0) is 14.2 Å². The summed E-state index contributed by atoms with van der Waals surface area (Å²) in [4.78, 5) is 0. The van der Waals surface area contributed by atoms with E-state index in [0.717, 1.165) is 0 Å². The monoisotopic (exact) mass is 375 g/mol.